The van der Waals surface area contributed by atoms with Crippen molar-refractivity contribution in [3.63, 3.8) is 0 Å². The Morgan fingerprint density at radius 2 is 1.59 bits per heavy atom. The molecule has 2 aromatic carbocycles. The van der Waals surface area contributed by atoms with E-state index in [0.717, 1.165) is 24.3 Å². The number of fused-ring (bicyclic) bond motifs is 1. The lowest BCUT2D eigenvalue weighted by Gasteiger charge is -2.40. The van der Waals surface area contributed by atoms with E-state index in [1.165, 1.54) is 6.92 Å². The van der Waals surface area contributed by atoms with E-state index in [1.807, 2.05) is 0 Å². The Balaban J connectivity index is 1.78. The van der Waals surface area contributed by atoms with E-state index in [1.54, 1.807) is 0 Å². The standard InChI is InChI=1S/C24H22O15/c1-7-21(38-15(31)6-14(29)30)19(34)20(35)24(36-7)39-23-18(33)16-10(26)4-9(25)5-13(16)37-22(23)8-2-11(27)17(32)12(28)3-8/h2-5,7,19-21,24-28,32,34-35H,6H2,1H3,(H,29,30)/t7-,19-,20+,21-,24+/m0/s1. The zero-order chi connectivity index (χ0) is 28.8. The number of phenolic OH excluding ortho intramolecular Hbond substituents is 5. The quantitative estimate of drug-likeness (QED) is 0.116. The highest BCUT2D eigenvalue weighted by atomic mass is 16.7. The largest absolute Gasteiger partial charge is 0.508 e. The Labute approximate surface area is 216 Å². The van der Waals surface area contributed by atoms with Gasteiger partial charge in [0.1, 0.15) is 41.1 Å². The molecule has 2 heterocycles. The van der Waals surface area contributed by atoms with Gasteiger partial charge in [-0.15, -0.1) is 0 Å². The van der Waals surface area contributed by atoms with Gasteiger partial charge in [-0.2, -0.15) is 0 Å². The third-order valence-electron chi connectivity index (χ3n) is 5.82. The molecule has 0 amide bonds. The average molecular weight is 550 g/mol. The van der Waals surface area contributed by atoms with Crippen LogP contribution in [0.1, 0.15) is 13.3 Å². The van der Waals surface area contributed by atoms with Crippen molar-refractivity contribution >= 4 is 22.9 Å². The Bertz CT molecular complexity index is 1490. The second-order valence-corrected chi connectivity index (χ2v) is 8.62. The number of ether oxygens (including phenoxy) is 3. The Hall–Kier alpha value is -4.73. The Kier molecular flexibility index (Phi) is 7.14. The van der Waals surface area contributed by atoms with Crippen LogP contribution in [0.25, 0.3) is 22.3 Å². The first kappa shape index (κ1) is 27.3. The summed E-state index contributed by atoms with van der Waals surface area (Å²) in [4.78, 5) is 35.9. The fraction of sp³-hybridized carbons (Fsp3) is 0.292. The highest BCUT2D eigenvalue weighted by molar-refractivity contribution is 5.90. The van der Waals surface area contributed by atoms with Crippen molar-refractivity contribution in [2.45, 2.75) is 44.1 Å². The minimum Gasteiger partial charge on any atom is -0.508 e. The Morgan fingerprint density at radius 3 is 2.21 bits per heavy atom. The number of hydrogen-bond donors (Lipinski definition) is 8. The lowest BCUT2D eigenvalue weighted by Crippen LogP contribution is -2.59. The minimum atomic E-state index is -1.98. The molecular weight excluding hydrogens is 528 g/mol. The highest BCUT2D eigenvalue weighted by Gasteiger charge is 2.47. The molecule has 1 fully saturated rings. The summed E-state index contributed by atoms with van der Waals surface area (Å²) in [6, 6.07) is 3.61. The normalized spacial score (nSPS) is 22.9. The molecule has 0 spiro atoms. The van der Waals surface area contributed by atoms with Gasteiger partial charge in [0.2, 0.25) is 17.5 Å². The van der Waals surface area contributed by atoms with Gasteiger partial charge in [-0.3, -0.25) is 14.4 Å². The van der Waals surface area contributed by atoms with E-state index in [9.17, 15) is 50.1 Å². The summed E-state index contributed by atoms with van der Waals surface area (Å²) in [6.45, 7) is 1.30. The summed E-state index contributed by atoms with van der Waals surface area (Å²) in [7, 11) is 0. The molecule has 1 aromatic heterocycles. The lowest BCUT2D eigenvalue weighted by atomic mass is 9.99. The maximum Gasteiger partial charge on any atom is 0.317 e. The van der Waals surface area contributed by atoms with Gasteiger partial charge in [0.15, 0.2) is 29.1 Å². The van der Waals surface area contributed by atoms with Crippen molar-refractivity contribution in [3.8, 4) is 45.8 Å². The molecule has 4 rings (SSSR count). The minimum absolute atomic E-state index is 0.237. The molecule has 0 bridgehead atoms. The molecule has 208 valence electrons. The van der Waals surface area contributed by atoms with Crippen molar-refractivity contribution in [1.29, 1.82) is 0 Å². The molecule has 39 heavy (non-hydrogen) atoms. The van der Waals surface area contributed by atoms with Gasteiger partial charge in [-0.1, -0.05) is 0 Å². The fourth-order valence-corrected chi connectivity index (χ4v) is 4.00. The number of aliphatic carboxylic acids is 1. The third-order valence-corrected chi connectivity index (χ3v) is 5.82. The molecule has 5 atom stereocenters. The van der Waals surface area contributed by atoms with Crippen LogP contribution in [0.4, 0.5) is 0 Å². The number of carbonyl (C=O) groups excluding carboxylic acids is 1. The smallest absolute Gasteiger partial charge is 0.317 e. The SMILES string of the molecule is C[C@@H]1O[C@H](Oc2c(-c3cc(O)c(O)c(O)c3)oc3cc(O)cc(O)c3c2=O)[C@H](O)[C@H](O)[C@H]1OC(=O)CC(=O)O. The zero-order valence-electron chi connectivity index (χ0n) is 19.8. The number of aliphatic hydroxyl groups is 2. The molecule has 1 aliphatic heterocycles. The van der Waals surface area contributed by atoms with Crippen LogP contribution in [0.5, 0.6) is 34.5 Å². The predicted octanol–water partition coefficient (Wildman–Crippen LogP) is 0.220. The number of hydrogen-bond acceptors (Lipinski definition) is 14. The number of aromatic hydroxyl groups is 5. The van der Waals surface area contributed by atoms with Crippen LogP contribution in [0.15, 0.2) is 33.5 Å². The lowest BCUT2D eigenvalue weighted by molar-refractivity contribution is -0.272. The first-order chi connectivity index (χ1) is 18.3. The van der Waals surface area contributed by atoms with Crippen molar-refractivity contribution in [3.05, 3.63) is 34.5 Å². The van der Waals surface area contributed by atoms with Gasteiger partial charge >= 0.3 is 11.9 Å². The van der Waals surface area contributed by atoms with Gasteiger partial charge in [-0.05, 0) is 19.1 Å². The maximum atomic E-state index is 13.4. The number of benzene rings is 2. The van der Waals surface area contributed by atoms with Gasteiger partial charge < -0.3 is 59.5 Å². The summed E-state index contributed by atoms with van der Waals surface area (Å²) < 4.78 is 21.6. The topological polar surface area (TPSA) is 254 Å². The molecule has 0 aliphatic carbocycles. The van der Waals surface area contributed by atoms with Crippen LogP contribution in [0.2, 0.25) is 0 Å². The van der Waals surface area contributed by atoms with Crippen LogP contribution in [-0.2, 0) is 19.1 Å². The molecule has 3 aromatic rings. The predicted molar refractivity (Wildman–Crippen MR) is 125 cm³/mol. The molecular formula is C24H22O15. The first-order valence-corrected chi connectivity index (χ1v) is 11.2. The highest BCUT2D eigenvalue weighted by Crippen LogP contribution is 2.43. The van der Waals surface area contributed by atoms with Gasteiger partial charge in [0.05, 0.1) is 6.10 Å². The summed E-state index contributed by atoms with van der Waals surface area (Å²) in [5.74, 6) is -7.68. The number of carbonyl (C=O) groups is 2. The van der Waals surface area contributed by atoms with Crippen molar-refractivity contribution in [2.75, 3.05) is 0 Å². The second-order valence-electron chi connectivity index (χ2n) is 8.62. The average Bonchev–Trinajstić information content (AvgIpc) is 2.83. The van der Waals surface area contributed by atoms with E-state index in [-0.39, 0.29) is 11.1 Å². The van der Waals surface area contributed by atoms with E-state index < -0.39 is 100 Å². The van der Waals surface area contributed by atoms with Gasteiger partial charge in [-0.25, -0.2) is 0 Å². The van der Waals surface area contributed by atoms with Crippen LogP contribution >= 0.6 is 0 Å². The Morgan fingerprint density at radius 1 is 0.949 bits per heavy atom. The van der Waals surface area contributed by atoms with Crippen LogP contribution in [0, 0.1) is 0 Å². The molecule has 1 saturated heterocycles. The van der Waals surface area contributed by atoms with Crippen molar-refractivity contribution in [2.24, 2.45) is 0 Å². The summed E-state index contributed by atoms with van der Waals surface area (Å²) in [5, 5.41) is 79.2. The summed E-state index contributed by atoms with van der Waals surface area (Å²) in [6.07, 6.45) is -9.42. The van der Waals surface area contributed by atoms with Crippen LogP contribution < -0.4 is 10.2 Å². The third kappa shape index (κ3) is 5.18. The molecule has 0 saturated carbocycles. The van der Waals surface area contributed by atoms with E-state index in [2.05, 4.69) is 0 Å². The molecule has 0 radical (unpaired) electrons. The van der Waals surface area contributed by atoms with Crippen LogP contribution in [0.3, 0.4) is 0 Å². The van der Waals surface area contributed by atoms with Gasteiger partial charge in [0.25, 0.3) is 0 Å². The van der Waals surface area contributed by atoms with Crippen molar-refractivity contribution in [1.82, 2.24) is 0 Å². The van der Waals surface area contributed by atoms with E-state index in [0.29, 0.717) is 0 Å². The first-order valence-electron chi connectivity index (χ1n) is 11.2. The summed E-state index contributed by atoms with van der Waals surface area (Å²) >= 11 is 0. The van der Waals surface area contributed by atoms with Crippen LogP contribution in [-0.4, -0.2) is 83.5 Å². The summed E-state index contributed by atoms with van der Waals surface area (Å²) in [5.41, 5.74) is -1.65. The monoisotopic (exact) mass is 550 g/mol. The number of phenols is 5. The molecule has 15 heteroatoms. The van der Waals surface area contributed by atoms with E-state index >= 15 is 0 Å². The second kappa shape index (κ2) is 10.2. The molecule has 15 nitrogen and oxygen atoms in total. The molecule has 1 aliphatic rings. The van der Waals surface area contributed by atoms with Crippen molar-refractivity contribution < 1.29 is 69.1 Å². The zero-order valence-corrected chi connectivity index (χ0v) is 19.8. The fourth-order valence-electron chi connectivity index (χ4n) is 4.00. The number of rotatable bonds is 6. The van der Waals surface area contributed by atoms with E-state index in [4.69, 9.17) is 23.7 Å². The number of carboxylic acids is 1. The number of esters is 1. The maximum absolute atomic E-state index is 13.4. The van der Waals surface area contributed by atoms with Gasteiger partial charge in [0, 0.05) is 17.7 Å². The number of carboxylic acid groups (broad SMARTS) is 1. The molecule has 0 unspecified atom stereocenters. The molecule has 8 N–H and O–H groups in total. The number of aliphatic hydroxyl groups excluding tert-OH is 2.